The SMILES string of the molecule is CC(N[S+]([O-])C(C)(C)C)c1cc(OC2[C@H]3CN(C(=O)O)C[C@@H]23)nc(-c2ccc(F)cc2)c1. The molecule has 172 valence electrons. The van der Waals surface area contributed by atoms with Crippen molar-refractivity contribution < 1.29 is 23.6 Å². The molecule has 2 N–H and O–H groups in total. The van der Waals surface area contributed by atoms with Gasteiger partial charge in [0.1, 0.15) is 16.7 Å². The van der Waals surface area contributed by atoms with Crippen LogP contribution in [-0.4, -0.2) is 49.6 Å². The van der Waals surface area contributed by atoms with E-state index in [0.717, 1.165) is 11.1 Å². The molecule has 1 amide bonds. The number of ether oxygens (including phenoxy) is 1. The predicted octanol–water partition coefficient (Wildman–Crippen LogP) is 3.99. The van der Waals surface area contributed by atoms with Gasteiger partial charge in [-0.3, -0.25) is 0 Å². The second-order valence-electron chi connectivity index (χ2n) is 9.45. The number of aromatic nitrogens is 1. The lowest BCUT2D eigenvalue weighted by Gasteiger charge is -2.27. The quantitative estimate of drug-likeness (QED) is 0.632. The molecule has 0 radical (unpaired) electrons. The Hall–Kier alpha value is -2.36. The van der Waals surface area contributed by atoms with Crippen molar-refractivity contribution in [3.63, 3.8) is 0 Å². The average molecular weight is 462 g/mol. The summed E-state index contributed by atoms with van der Waals surface area (Å²) >= 11 is -1.26. The third kappa shape index (κ3) is 4.84. The number of hydrogen-bond donors (Lipinski definition) is 2. The van der Waals surface area contributed by atoms with Crippen LogP contribution in [0.2, 0.25) is 0 Å². The highest BCUT2D eigenvalue weighted by Crippen LogP contribution is 2.48. The zero-order valence-corrected chi connectivity index (χ0v) is 19.4. The minimum Gasteiger partial charge on any atom is -0.598 e. The molecule has 5 atom stereocenters. The summed E-state index contributed by atoms with van der Waals surface area (Å²) in [4.78, 5) is 17.2. The first kappa shape index (κ1) is 22.8. The number of likely N-dealkylation sites (tertiary alicyclic amines) is 1. The largest absolute Gasteiger partial charge is 0.598 e. The third-order valence-corrected chi connectivity index (χ3v) is 7.63. The number of benzene rings is 1. The van der Waals surface area contributed by atoms with Gasteiger partial charge in [-0.15, -0.1) is 4.72 Å². The van der Waals surface area contributed by atoms with Crippen molar-refractivity contribution in [3.8, 4) is 17.1 Å². The molecule has 3 unspecified atom stereocenters. The minimum atomic E-state index is -1.26. The summed E-state index contributed by atoms with van der Waals surface area (Å²) in [6.45, 7) is 8.57. The Morgan fingerprint density at radius 1 is 1.28 bits per heavy atom. The smallest absolute Gasteiger partial charge is 0.407 e. The van der Waals surface area contributed by atoms with Crippen LogP contribution >= 0.6 is 0 Å². The summed E-state index contributed by atoms with van der Waals surface area (Å²) in [6.07, 6.45) is -0.970. The summed E-state index contributed by atoms with van der Waals surface area (Å²) in [5.41, 5.74) is 2.23. The lowest BCUT2D eigenvalue weighted by molar-refractivity contribution is 0.139. The molecule has 0 spiro atoms. The molecule has 2 aliphatic rings. The molecule has 2 aromatic rings. The maximum absolute atomic E-state index is 13.4. The number of fused-ring (bicyclic) bond motifs is 1. The van der Waals surface area contributed by atoms with E-state index in [1.807, 2.05) is 39.8 Å². The van der Waals surface area contributed by atoms with Gasteiger partial charge >= 0.3 is 6.09 Å². The Bertz CT molecular complexity index is 986. The van der Waals surface area contributed by atoms with Crippen molar-refractivity contribution in [2.75, 3.05) is 13.1 Å². The van der Waals surface area contributed by atoms with E-state index in [1.165, 1.54) is 17.0 Å². The van der Waals surface area contributed by atoms with Gasteiger partial charge in [0.05, 0.1) is 11.7 Å². The van der Waals surface area contributed by atoms with Crippen molar-refractivity contribution >= 4 is 17.5 Å². The van der Waals surface area contributed by atoms with Crippen molar-refractivity contribution in [3.05, 3.63) is 47.8 Å². The zero-order valence-electron chi connectivity index (χ0n) is 18.5. The van der Waals surface area contributed by atoms with Gasteiger partial charge in [-0.1, -0.05) is 0 Å². The van der Waals surface area contributed by atoms with Gasteiger partial charge in [-0.05, 0) is 63.6 Å². The fourth-order valence-corrected chi connectivity index (χ4v) is 4.76. The highest BCUT2D eigenvalue weighted by molar-refractivity contribution is 7.90. The number of hydrogen-bond acceptors (Lipinski definition) is 5. The summed E-state index contributed by atoms with van der Waals surface area (Å²) in [5, 5.41) is 9.15. The third-order valence-electron chi connectivity index (χ3n) is 5.95. The molecule has 1 saturated heterocycles. The van der Waals surface area contributed by atoms with E-state index in [2.05, 4.69) is 9.71 Å². The molecular weight excluding hydrogens is 433 g/mol. The Morgan fingerprint density at radius 2 is 1.91 bits per heavy atom. The van der Waals surface area contributed by atoms with E-state index in [1.54, 1.807) is 12.1 Å². The van der Waals surface area contributed by atoms with Crippen LogP contribution in [0.1, 0.15) is 39.3 Å². The maximum atomic E-state index is 13.4. The van der Waals surface area contributed by atoms with E-state index in [9.17, 15) is 13.7 Å². The van der Waals surface area contributed by atoms with Crippen LogP contribution in [0.4, 0.5) is 9.18 Å². The molecule has 4 rings (SSSR count). The number of carbonyl (C=O) groups is 1. The van der Waals surface area contributed by atoms with Crippen molar-refractivity contribution in [1.82, 2.24) is 14.6 Å². The predicted molar refractivity (Wildman–Crippen MR) is 120 cm³/mol. The van der Waals surface area contributed by atoms with Gasteiger partial charge in [0.25, 0.3) is 0 Å². The van der Waals surface area contributed by atoms with E-state index in [0.29, 0.717) is 24.7 Å². The van der Waals surface area contributed by atoms with E-state index < -0.39 is 22.2 Å². The first-order valence-electron chi connectivity index (χ1n) is 10.6. The van der Waals surface area contributed by atoms with E-state index in [4.69, 9.17) is 9.84 Å². The maximum Gasteiger partial charge on any atom is 0.407 e. The minimum absolute atomic E-state index is 0.0682. The van der Waals surface area contributed by atoms with Crippen LogP contribution in [-0.2, 0) is 11.4 Å². The van der Waals surface area contributed by atoms with Crippen molar-refractivity contribution in [2.45, 2.75) is 44.6 Å². The lowest BCUT2D eigenvalue weighted by atomic mass is 10.1. The normalized spacial score (nSPS) is 24.1. The Kier molecular flexibility index (Phi) is 6.08. The van der Waals surface area contributed by atoms with E-state index >= 15 is 0 Å². The molecule has 1 aromatic carbocycles. The fourth-order valence-electron chi connectivity index (χ4n) is 3.95. The molecule has 2 fully saturated rings. The van der Waals surface area contributed by atoms with Crippen LogP contribution < -0.4 is 9.46 Å². The second kappa shape index (κ2) is 8.53. The summed E-state index contributed by atoms with van der Waals surface area (Å²) in [5.74, 6) is 0.452. The topological polar surface area (TPSA) is 97.8 Å². The van der Waals surface area contributed by atoms with Crippen molar-refractivity contribution in [1.29, 1.82) is 0 Å². The second-order valence-corrected chi connectivity index (χ2v) is 11.4. The van der Waals surface area contributed by atoms with E-state index in [-0.39, 0.29) is 29.8 Å². The molecule has 0 bridgehead atoms. The first-order valence-corrected chi connectivity index (χ1v) is 11.8. The fraction of sp³-hybridized carbons (Fsp3) is 0.478. The molecule has 2 heterocycles. The molecule has 9 heteroatoms. The Labute approximate surface area is 190 Å². The van der Waals surface area contributed by atoms with Gasteiger partial charge in [-0.2, -0.15) is 0 Å². The summed E-state index contributed by atoms with van der Waals surface area (Å²) < 4.78 is 34.9. The van der Waals surface area contributed by atoms with Crippen LogP contribution in [0.3, 0.4) is 0 Å². The zero-order chi connectivity index (χ0) is 23.2. The Morgan fingerprint density at radius 3 is 2.47 bits per heavy atom. The number of nitrogens with one attached hydrogen (secondary N) is 1. The average Bonchev–Trinajstić information content (AvgIpc) is 3.15. The number of amides is 1. The van der Waals surface area contributed by atoms with Crippen LogP contribution in [0, 0.1) is 17.7 Å². The van der Waals surface area contributed by atoms with Crippen LogP contribution in [0.5, 0.6) is 5.88 Å². The first-order chi connectivity index (χ1) is 15.0. The standard InChI is InChI=1S/C23H28FN3O4S/c1-13(26-32(30)23(2,3)4)15-9-19(14-5-7-16(24)8-6-14)25-20(10-15)31-21-17-11-27(22(28)29)12-18(17)21/h5-10,13,17-18,21,26H,11-12H2,1-4H3,(H,28,29)/t13?,17-,18+,21?,32?. The molecule has 1 saturated carbocycles. The van der Waals surface area contributed by atoms with Gasteiger partial charge in [0.2, 0.25) is 5.88 Å². The highest BCUT2D eigenvalue weighted by atomic mass is 32.2. The molecular formula is C23H28FN3O4S. The number of halogens is 1. The molecule has 32 heavy (non-hydrogen) atoms. The Balaban J connectivity index is 1.57. The van der Waals surface area contributed by atoms with Crippen LogP contribution in [0.15, 0.2) is 36.4 Å². The summed E-state index contributed by atoms with van der Waals surface area (Å²) in [7, 11) is 0. The molecule has 7 nitrogen and oxygen atoms in total. The summed E-state index contributed by atoms with van der Waals surface area (Å²) in [6, 6.07) is 9.56. The number of nitrogens with zero attached hydrogens (tertiary/aromatic N) is 2. The van der Waals surface area contributed by atoms with Crippen molar-refractivity contribution in [2.24, 2.45) is 11.8 Å². The van der Waals surface area contributed by atoms with Gasteiger partial charge in [0.15, 0.2) is 0 Å². The van der Waals surface area contributed by atoms with Gasteiger partial charge in [-0.25, -0.2) is 14.2 Å². The number of pyridine rings is 1. The number of piperidine rings is 1. The number of carboxylic acid groups (broad SMARTS) is 1. The van der Waals surface area contributed by atoms with Gasteiger partial charge in [0, 0.05) is 47.9 Å². The molecule has 1 aromatic heterocycles. The highest BCUT2D eigenvalue weighted by Gasteiger charge is 2.59. The molecule has 1 aliphatic heterocycles. The van der Waals surface area contributed by atoms with Gasteiger partial charge < -0.3 is 19.3 Å². The molecule has 1 aliphatic carbocycles. The monoisotopic (exact) mass is 461 g/mol. The van der Waals surface area contributed by atoms with Crippen LogP contribution in [0.25, 0.3) is 11.3 Å². The lowest BCUT2D eigenvalue weighted by Crippen LogP contribution is -2.40. The number of rotatable bonds is 6.